The molecule has 4 nitrogen and oxygen atoms in total. The van der Waals surface area contributed by atoms with Crippen molar-refractivity contribution < 1.29 is 9.53 Å². The van der Waals surface area contributed by atoms with Gasteiger partial charge in [-0.1, -0.05) is 56.0 Å². The van der Waals surface area contributed by atoms with E-state index in [1.807, 2.05) is 30.3 Å². The largest absolute Gasteiger partial charge is 0.378 e. The van der Waals surface area contributed by atoms with Gasteiger partial charge in [0.1, 0.15) is 5.54 Å². The van der Waals surface area contributed by atoms with Crippen LogP contribution in [0.25, 0.3) is 0 Å². The van der Waals surface area contributed by atoms with E-state index in [4.69, 9.17) is 16.2 Å². The van der Waals surface area contributed by atoms with Gasteiger partial charge in [0, 0.05) is 13.0 Å². The fraction of sp³-hybridized carbons (Fsp3) is 0.588. The number of carbonyl (C=O) groups is 1. The zero-order valence-corrected chi connectivity index (χ0v) is 12.6. The predicted molar refractivity (Wildman–Crippen MR) is 83.6 cm³/mol. The Morgan fingerprint density at radius 3 is 2.33 bits per heavy atom. The second kappa shape index (κ2) is 7.57. The smallest absolute Gasteiger partial charge is 0.242 e. The Morgan fingerprint density at radius 1 is 1.14 bits per heavy atom. The molecule has 0 saturated heterocycles. The van der Waals surface area contributed by atoms with Crippen LogP contribution in [0.4, 0.5) is 0 Å². The lowest BCUT2D eigenvalue weighted by molar-refractivity contribution is -0.124. The second-order valence-electron chi connectivity index (χ2n) is 5.94. The number of hydrogen-bond donors (Lipinski definition) is 2. The van der Waals surface area contributed by atoms with Crippen LogP contribution in [0.15, 0.2) is 30.3 Å². The van der Waals surface area contributed by atoms with Gasteiger partial charge in [-0.2, -0.15) is 0 Å². The summed E-state index contributed by atoms with van der Waals surface area (Å²) in [6.45, 7) is 0.471. The summed E-state index contributed by atoms with van der Waals surface area (Å²) >= 11 is 0. The van der Waals surface area contributed by atoms with Gasteiger partial charge in [0.15, 0.2) is 0 Å². The first-order chi connectivity index (χ1) is 10.1. The van der Waals surface area contributed by atoms with E-state index in [0.717, 1.165) is 18.4 Å². The highest BCUT2D eigenvalue weighted by molar-refractivity contribution is 5.85. The first-order valence-corrected chi connectivity index (χ1v) is 7.89. The van der Waals surface area contributed by atoms with Crippen molar-refractivity contribution in [1.82, 2.24) is 0 Å². The van der Waals surface area contributed by atoms with Crippen molar-refractivity contribution in [2.75, 3.05) is 6.61 Å². The quantitative estimate of drug-likeness (QED) is 0.790. The zero-order chi connectivity index (χ0) is 15.1. The van der Waals surface area contributed by atoms with E-state index < -0.39 is 11.4 Å². The lowest BCUT2D eigenvalue weighted by Crippen LogP contribution is -2.50. The predicted octanol–water partition coefficient (Wildman–Crippen LogP) is 2.46. The number of primary amides is 1. The van der Waals surface area contributed by atoms with Gasteiger partial charge < -0.3 is 16.2 Å². The lowest BCUT2D eigenvalue weighted by atomic mass is 9.87. The molecule has 0 heterocycles. The van der Waals surface area contributed by atoms with Gasteiger partial charge in [-0.25, -0.2) is 0 Å². The summed E-state index contributed by atoms with van der Waals surface area (Å²) in [5.41, 5.74) is 11.4. The number of ether oxygens (including phenoxy) is 1. The van der Waals surface area contributed by atoms with Gasteiger partial charge in [0.2, 0.25) is 5.91 Å². The molecule has 1 aromatic carbocycles. The van der Waals surface area contributed by atoms with E-state index in [9.17, 15) is 4.79 Å². The SMILES string of the molecule is NC(=O)C(N)(CCOC1CCCCCC1)c1ccccc1. The van der Waals surface area contributed by atoms with E-state index in [2.05, 4.69) is 0 Å². The molecule has 0 spiro atoms. The first kappa shape index (κ1) is 16.0. The topological polar surface area (TPSA) is 78.3 Å². The normalized spacial score (nSPS) is 19.7. The van der Waals surface area contributed by atoms with E-state index in [1.165, 1.54) is 25.7 Å². The molecule has 1 atom stereocenters. The molecule has 1 unspecified atom stereocenters. The molecule has 0 aliphatic heterocycles. The fourth-order valence-corrected chi connectivity index (χ4v) is 2.94. The van der Waals surface area contributed by atoms with Crippen molar-refractivity contribution in [1.29, 1.82) is 0 Å². The Kier molecular flexibility index (Phi) is 5.76. The standard InChI is InChI=1S/C17H26N2O2/c18-16(20)17(19,14-8-4-3-5-9-14)12-13-21-15-10-6-1-2-7-11-15/h3-5,8-9,15H,1-2,6-7,10-13,19H2,(H2,18,20). The van der Waals surface area contributed by atoms with Crippen molar-refractivity contribution in [3.63, 3.8) is 0 Å². The van der Waals surface area contributed by atoms with Crippen LogP contribution in [-0.2, 0) is 15.1 Å². The second-order valence-corrected chi connectivity index (χ2v) is 5.94. The molecule has 0 radical (unpaired) electrons. The van der Waals surface area contributed by atoms with Gasteiger partial charge in [-0.15, -0.1) is 0 Å². The van der Waals surface area contributed by atoms with Crippen molar-refractivity contribution in [3.8, 4) is 0 Å². The van der Waals surface area contributed by atoms with Crippen LogP contribution in [0.5, 0.6) is 0 Å². The molecular formula is C17H26N2O2. The molecule has 2 rings (SSSR count). The summed E-state index contributed by atoms with van der Waals surface area (Å²) < 4.78 is 5.94. The Morgan fingerprint density at radius 2 is 1.76 bits per heavy atom. The Bertz CT molecular complexity index is 441. The van der Waals surface area contributed by atoms with Crippen LogP contribution < -0.4 is 11.5 Å². The summed E-state index contributed by atoms with van der Waals surface area (Å²) in [5.74, 6) is -0.502. The highest BCUT2D eigenvalue weighted by Crippen LogP contribution is 2.24. The van der Waals surface area contributed by atoms with Crippen LogP contribution in [0, 0.1) is 0 Å². The van der Waals surface area contributed by atoms with E-state index in [1.54, 1.807) is 0 Å². The number of hydrogen-bond acceptors (Lipinski definition) is 3. The molecular weight excluding hydrogens is 264 g/mol. The summed E-state index contributed by atoms with van der Waals surface area (Å²) in [6, 6.07) is 9.32. The number of amides is 1. The molecule has 0 bridgehead atoms. The van der Waals surface area contributed by atoms with E-state index in [0.29, 0.717) is 19.1 Å². The maximum absolute atomic E-state index is 11.8. The van der Waals surface area contributed by atoms with Gasteiger partial charge in [0.25, 0.3) is 0 Å². The lowest BCUT2D eigenvalue weighted by Gasteiger charge is -2.27. The van der Waals surface area contributed by atoms with Crippen LogP contribution in [0.1, 0.15) is 50.5 Å². The maximum atomic E-state index is 11.8. The molecule has 0 aromatic heterocycles. The van der Waals surface area contributed by atoms with Crippen LogP contribution in [0.3, 0.4) is 0 Å². The van der Waals surface area contributed by atoms with Gasteiger partial charge in [-0.05, 0) is 18.4 Å². The average molecular weight is 290 g/mol. The minimum atomic E-state index is -1.15. The van der Waals surface area contributed by atoms with Crippen molar-refractivity contribution in [2.45, 2.75) is 56.6 Å². The van der Waals surface area contributed by atoms with Crippen LogP contribution in [0.2, 0.25) is 0 Å². The van der Waals surface area contributed by atoms with Gasteiger partial charge >= 0.3 is 0 Å². The highest BCUT2D eigenvalue weighted by Gasteiger charge is 2.33. The summed E-state index contributed by atoms with van der Waals surface area (Å²) in [7, 11) is 0. The molecule has 116 valence electrons. The molecule has 1 aliphatic rings. The molecule has 1 amide bonds. The minimum absolute atomic E-state index is 0.306. The number of carbonyl (C=O) groups excluding carboxylic acids is 1. The number of benzene rings is 1. The Labute approximate surface area is 126 Å². The first-order valence-electron chi connectivity index (χ1n) is 7.89. The summed E-state index contributed by atoms with van der Waals surface area (Å²) in [5, 5.41) is 0. The van der Waals surface area contributed by atoms with Crippen molar-refractivity contribution in [2.24, 2.45) is 11.5 Å². The van der Waals surface area contributed by atoms with Crippen molar-refractivity contribution in [3.05, 3.63) is 35.9 Å². The third-order valence-corrected chi connectivity index (χ3v) is 4.38. The van der Waals surface area contributed by atoms with Gasteiger partial charge in [-0.3, -0.25) is 4.79 Å². The van der Waals surface area contributed by atoms with Gasteiger partial charge in [0.05, 0.1) is 6.10 Å². The van der Waals surface area contributed by atoms with Crippen LogP contribution >= 0.6 is 0 Å². The summed E-state index contributed by atoms with van der Waals surface area (Å²) in [6.07, 6.45) is 8.00. The molecule has 4 N–H and O–H groups in total. The molecule has 4 heteroatoms. The van der Waals surface area contributed by atoms with Crippen LogP contribution in [-0.4, -0.2) is 18.6 Å². The average Bonchev–Trinajstić information content (AvgIpc) is 2.76. The molecule has 1 saturated carbocycles. The third kappa shape index (κ3) is 4.29. The number of rotatable bonds is 6. The van der Waals surface area contributed by atoms with E-state index >= 15 is 0 Å². The van der Waals surface area contributed by atoms with E-state index in [-0.39, 0.29) is 0 Å². The number of nitrogens with two attached hydrogens (primary N) is 2. The highest BCUT2D eigenvalue weighted by atomic mass is 16.5. The fourth-order valence-electron chi connectivity index (χ4n) is 2.94. The molecule has 1 aromatic rings. The molecule has 1 fully saturated rings. The molecule has 21 heavy (non-hydrogen) atoms. The zero-order valence-electron chi connectivity index (χ0n) is 12.6. The maximum Gasteiger partial charge on any atom is 0.242 e. The van der Waals surface area contributed by atoms with Crippen molar-refractivity contribution >= 4 is 5.91 Å². The Balaban J connectivity index is 1.93. The minimum Gasteiger partial charge on any atom is -0.378 e. The monoisotopic (exact) mass is 290 g/mol. The Hall–Kier alpha value is -1.39. The summed E-state index contributed by atoms with van der Waals surface area (Å²) in [4.78, 5) is 11.8. The third-order valence-electron chi connectivity index (χ3n) is 4.38. The molecule has 1 aliphatic carbocycles.